The fraction of sp³-hybridized carbons (Fsp3) is 0.0833. The Balaban J connectivity index is 1.99. The first-order valence-electron chi connectivity index (χ1n) is 4.75. The Hall–Kier alpha value is -1.35. The van der Waals surface area contributed by atoms with E-state index >= 15 is 0 Å². The number of para-hydroxylation sites is 1. The van der Waals surface area contributed by atoms with Crippen LogP contribution < -0.4 is 5.32 Å². The zero-order valence-electron chi connectivity index (χ0n) is 8.15. The Morgan fingerprint density at radius 2 is 1.80 bits per heavy atom. The van der Waals surface area contributed by atoms with Crippen LogP contribution in [0.2, 0.25) is 0 Å². The average Bonchev–Trinajstić information content (AvgIpc) is 2.28. The number of hydrogen-bond donors (Lipinski definition) is 1. The van der Waals surface area contributed by atoms with Crippen LogP contribution in [0.4, 0.5) is 5.69 Å². The molecule has 1 N–H and O–H groups in total. The molecule has 15 heavy (non-hydrogen) atoms. The summed E-state index contributed by atoms with van der Waals surface area (Å²) >= 11 is 3.35. The molecule has 0 fully saturated rings. The zero-order chi connectivity index (χ0) is 10.5. The third-order valence-corrected chi connectivity index (χ3v) is 2.46. The minimum absolute atomic E-state index is 0.740. The van der Waals surface area contributed by atoms with Crippen LogP contribution in [0.3, 0.4) is 0 Å². The number of nitrogens with zero attached hydrogens (tertiary/aromatic N) is 1. The Labute approximate surface area is 97.5 Å². The summed E-state index contributed by atoms with van der Waals surface area (Å²) < 4.78 is 0.870. The van der Waals surface area contributed by atoms with Crippen LogP contribution in [0, 0.1) is 0 Å². The van der Waals surface area contributed by atoms with Gasteiger partial charge >= 0.3 is 0 Å². The van der Waals surface area contributed by atoms with Crippen LogP contribution in [0.5, 0.6) is 0 Å². The SMILES string of the molecule is Brc1cccc(CNc2ccccc2)n1. The highest BCUT2D eigenvalue weighted by atomic mass is 79.9. The van der Waals surface area contributed by atoms with Gasteiger partial charge in [-0.2, -0.15) is 0 Å². The van der Waals surface area contributed by atoms with Gasteiger partial charge in [-0.25, -0.2) is 4.98 Å². The van der Waals surface area contributed by atoms with Gasteiger partial charge in [0, 0.05) is 5.69 Å². The molecule has 2 rings (SSSR count). The molecule has 0 saturated heterocycles. The molecule has 0 spiro atoms. The lowest BCUT2D eigenvalue weighted by molar-refractivity contribution is 1.03. The van der Waals surface area contributed by atoms with Crippen molar-refractivity contribution in [3.63, 3.8) is 0 Å². The summed E-state index contributed by atoms with van der Waals surface area (Å²) in [5.74, 6) is 0. The average molecular weight is 263 g/mol. The molecule has 3 heteroatoms. The van der Waals surface area contributed by atoms with E-state index < -0.39 is 0 Å². The highest BCUT2D eigenvalue weighted by molar-refractivity contribution is 9.10. The molecular formula is C12H11BrN2. The molecule has 0 aliphatic rings. The molecule has 1 heterocycles. The third kappa shape index (κ3) is 3.06. The van der Waals surface area contributed by atoms with Crippen LogP contribution in [-0.2, 0) is 6.54 Å². The maximum atomic E-state index is 4.34. The predicted octanol–water partition coefficient (Wildman–Crippen LogP) is 3.46. The second-order valence-corrected chi connectivity index (χ2v) is 3.98. The summed E-state index contributed by atoms with van der Waals surface area (Å²) in [6.07, 6.45) is 0. The van der Waals surface area contributed by atoms with Crippen molar-refractivity contribution in [1.29, 1.82) is 0 Å². The molecule has 76 valence electrons. The van der Waals surface area contributed by atoms with E-state index in [9.17, 15) is 0 Å². The summed E-state index contributed by atoms with van der Waals surface area (Å²) in [5.41, 5.74) is 2.13. The minimum atomic E-state index is 0.740. The van der Waals surface area contributed by atoms with Crippen LogP contribution in [-0.4, -0.2) is 4.98 Å². The van der Waals surface area contributed by atoms with Crippen molar-refractivity contribution in [2.75, 3.05) is 5.32 Å². The number of nitrogens with one attached hydrogen (secondary N) is 1. The van der Waals surface area contributed by atoms with Crippen LogP contribution in [0.25, 0.3) is 0 Å². The van der Waals surface area contributed by atoms with Crippen LogP contribution in [0.15, 0.2) is 53.1 Å². The normalized spacial score (nSPS) is 9.93. The molecule has 0 atom stereocenters. The number of pyridine rings is 1. The molecule has 0 aliphatic carbocycles. The third-order valence-electron chi connectivity index (χ3n) is 2.02. The largest absolute Gasteiger partial charge is 0.379 e. The van der Waals surface area contributed by atoms with E-state index in [1.165, 1.54) is 0 Å². The standard InChI is InChI=1S/C12H11BrN2/c13-12-8-4-7-11(15-12)9-14-10-5-2-1-3-6-10/h1-8,14H,9H2. The lowest BCUT2D eigenvalue weighted by Crippen LogP contribution is -2.01. The molecule has 1 aromatic carbocycles. The quantitative estimate of drug-likeness (QED) is 0.858. The Kier molecular flexibility index (Phi) is 3.35. The Bertz CT molecular complexity index is 429. The van der Waals surface area contributed by atoms with E-state index in [0.717, 1.165) is 22.5 Å². The summed E-state index contributed by atoms with van der Waals surface area (Å²) in [4.78, 5) is 4.34. The van der Waals surface area contributed by atoms with Gasteiger partial charge in [-0.3, -0.25) is 0 Å². The van der Waals surface area contributed by atoms with E-state index in [1.807, 2.05) is 48.5 Å². The number of benzene rings is 1. The molecule has 0 saturated carbocycles. The van der Waals surface area contributed by atoms with E-state index in [-0.39, 0.29) is 0 Å². The van der Waals surface area contributed by atoms with Gasteiger partial charge in [-0.05, 0) is 40.2 Å². The fourth-order valence-electron chi connectivity index (χ4n) is 1.30. The second-order valence-electron chi connectivity index (χ2n) is 3.17. The molecule has 0 unspecified atom stereocenters. The number of anilines is 1. The summed E-state index contributed by atoms with van der Waals surface area (Å²) in [6, 6.07) is 16.0. The molecule has 0 radical (unpaired) electrons. The van der Waals surface area contributed by atoms with Gasteiger partial charge in [0.2, 0.25) is 0 Å². The first kappa shape index (κ1) is 10.2. The van der Waals surface area contributed by atoms with Crippen LogP contribution >= 0.6 is 15.9 Å². The second kappa shape index (κ2) is 4.94. The molecule has 0 bridgehead atoms. The Morgan fingerprint density at radius 1 is 1.00 bits per heavy atom. The van der Waals surface area contributed by atoms with Crippen molar-refractivity contribution in [3.8, 4) is 0 Å². The fourth-order valence-corrected chi connectivity index (χ4v) is 1.68. The first-order chi connectivity index (χ1) is 7.34. The van der Waals surface area contributed by atoms with E-state index in [1.54, 1.807) is 0 Å². The number of aromatic nitrogens is 1. The van der Waals surface area contributed by atoms with Crippen molar-refractivity contribution in [1.82, 2.24) is 4.98 Å². The highest BCUT2D eigenvalue weighted by Crippen LogP contribution is 2.09. The molecule has 2 aromatic rings. The van der Waals surface area contributed by atoms with Crippen molar-refractivity contribution in [3.05, 3.63) is 58.8 Å². The van der Waals surface area contributed by atoms with Gasteiger partial charge < -0.3 is 5.32 Å². The lowest BCUT2D eigenvalue weighted by atomic mass is 10.3. The smallest absolute Gasteiger partial charge is 0.106 e. The molecular weight excluding hydrogens is 252 g/mol. The van der Waals surface area contributed by atoms with E-state index in [2.05, 4.69) is 26.2 Å². The summed E-state index contributed by atoms with van der Waals surface area (Å²) in [7, 11) is 0. The van der Waals surface area contributed by atoms with Gasteiger partial charge in [0.05, 0.1) is 12.2 Å². The zero-order valence-corrected chi connectivity index (χ0v) is 9.74. The molecule has 0 amide bonds. The van der Waals surface area contributed by atoms with Gasteiger partial charge in [0.15, 0.2) is 0 Å². The topological polar surface area (TPSA) is 24.9 Å². The lowest BCUT2D eigenvalue weighted by Gasteiger charge is -2.05. The molecule has 0 aliphatic heterocycles. The van der Waals surface area contributed by atoms with Crippen molar-refractivity contribution in [2.24, 2.45) is 0 Å². The van der Waals surface area contributed by atoms with Gasteiger partial charge in [-0.1, -0.05) is 24.3 Å². The maximum Gasteiger partial charge on any atom is 0.106 e. The van der Waals surface area contributed by atoms with Crippen molar-refractivity contribution in [2.45, 2.75) is 6.54 Å². The summed E-state index contributed by atoms with van der Waals surface area (Å²) in [6.45, 7) is 0.740. The number of halogens is 1. The molecule has 2 nitrogen and oxygen atoms in total. The Morgan fingerprint density at radius 3 is 2.53 bits per heavy atom. The predicted molar refractivity (Wildman–Crippen MR) is 65.7 cm³/mol. The molecule has 1 aromatic heterocycles. The summed E-state index contributed by atoms with van der Waals surface area (Å²) in [5, 5.41) is 3.30. The van der Waals surface area contributed by atoms with Gasteiger partial charge in [0.1, 0.15) is 4.60 Å². The number of hydrogen-bond acceptors (Lipinski definition) is 2. The van der Waals surface area contributed by atoms with Gasteiger partial charge in [-0.15, -0.1) is 0 Å². The monoisotopic (exact) mass is 262 g/mol. The van der Waals surface area contributed by atoms with Crippen LogP contribution in [0.1, 0.15) is 5.69 Å². The van der Waals surface area contributed by atoms with E-state index in [4.69, 9.17) is 0 Å². The minimum Gasteiger partial charge on any atom is -0.379 e. The first-order valence-corrected chi connectivity index (χ1v) is 5.54. The number of rotatable bonds is 3. The van der Waals surface area contributed by atoms with Crippen molar-refractivity contribution >= 4 is 21.6 Å². The highest BCUT2D eigenvalue weighted by Gasteiger charge is 1.95. The van der Waals surface area contributed by atoms with E-state index in [0.29, 0.717) is 0 Å². The van der Waals surface area contributed by atoms with Gasteiger partial charge in [0.25, 0.3) is 0 Å². The van der Waals surface area contributed by atoms with Crippen molar-refractivity contribution < 1.29 is 0 Å². The maximum absolute atomic E-state index is 4.34.